The van der Waals surface area contributed by atoms with Gasteiger partial charge in [0.15, 0.2) is 0 Å². The summed E-state index contributed by atoms with van der Waals surface area (Å²) in [4.78, 5) is 29.4. The Morgan fingerprint density at radius 2 is 2.10 bits per heavy atom. The summed E-state index contributed by atoms with van der Waals surface area (Å²) in [5.74, 6) is -0.895. The molecule has 1 fully saturated rings. The Kier molecular flexibility index (Phi) is 4.14. The second-order valence-electron chi connectivity index (χ2n) is 4.55. The standard InChI is InChI=1S/C12H16N4O4/c1-2-14-3-5-15(6-4-14)11-10(12(17)18)7-9(8-13-11)16(19)20/h7-8H,2-6H2,1H3,(H,17,18). The maximum Gasteiger partial charge on any atom is 0.339 e. The van der Waals surface area contributed by atoms with Crippen LogP contribution >= 0.6 is 0 Å². The summed E-state index contributed by atoms with van der Waals surface area (Å²) >= 11 is 0. The third kappa shape index (κ3) is 2.85. The number of rotatable bonds is 4. The SMILES string of the molecule is CCN1CCN(c2ncc([N+](=O)[O-])cc2C(=O)O)CC1. The summed E-state index contributed by atoms with van der Waals surface area (Å²) in [5, 5.41) is 19.9. The highest BCUT2D eigenvalue weighted by Crippen LogP contribution is 2.23. The van der Waals surface area contributed by atoms with Crippen molar-refractivity contribution in [3.8, 4) is 0 Å². The van der Waals surface area contributed by atoms with E-state index in [1.54, 1.807) is 0 Å². The Morgan fingerprint density at radius 1 is 1.45 bits per heavy atom. The quantitative estimate of drug-likeness (QED) is 0.644. The number of carbonyl (C=O) groups is 1. The van der Waals surface area contributed by atoms with Crippen LogP contribution in [0.5, 0.6) is 0 Å². The average molecular weight is 280 g/mol. The van der Waals surface area contributed by atoms with Crippen molar-refractivity contribution in [2.45, 2.75) is 6.92 Å². The first-order chi connectivity index (χ1) is 9.52. The number of carboxylic acid groups (broad SMARTS) is 1. The molecule has 0 amide bonds. The van der Waals surface area contributed by atoms with Gasteiger partial charge in [-0.3, -0.25) is 10.1 Å². The van der Waals surface area contributed by atoms with Crippen LogP contribution in [0.1, 0.15) is 17.3 Å². The Bertz CT molecular complexity index is 526. The number of carboxylic acids is 1. The number of likely N-dealkylation sites (N-methyl/N-ethyl adjacent to an activating group) is 1. The molecule has 2 heterocycles. The van der Waals surface area contributed by atoms with Crippen LogP contribution in [0, 0.1) is 10.1 Å². The van der Waals surface area contributed by atoms with Crippen LogP contribution in [0.15, 0.2) is 12.3 Å². The lowest BCUT2D eigenvalue weighted by Gasteiger charge is -2.35. The Balaban J connectivity index is 2.27. The zero-order valence-corrected chi connectivity index (χ0v) is 11.2. The second kappa shape index (κ2) is 5.83. The topological polar surface area (TPSA) is 99.8 Å². The number of pyridine rings is 1. The maximum absolute atomic E-state index is 11.3. The van der Waals surface area contributed by atoms with Gasteiger partial charge in [0.2, 0.25) is 0 Å². The third-order valence-corrected chi connectivity index (χ3v) is 3.41. The van der Waals surface area contributed by atoms with Gasteiger partial charge in [-0.1, -0.05) is 6.92 Å². The number of aromatic nitrogens is 1. The highest BCUT2D eigenvalue weighted by molar-refractivity contribution is 5.94. The molecule has 1 aliphatic rings. The van der Waals surface area contributed by atoms with E-state index in [0.717, 1.165) is 31.9 Å². The van der Waals surface area contributed by atoms with E-state index in [0.29, 0.717) is 18.9 Å². The predicted molar refractivity (Wildman–Crippen MR) is 72.2 cm³/mol. The molecule has 0 bridgehead atoms. The monoisotopic (exact) mass is 280 g/mol. The molecule has 0 aromatic carbocycles. The van der Waals surface area contributed by atoms with Crippen molar-refractivity contribution in [3.63, 3.8) is 0 Å². The van der Waals surface area contributed by atoms with Gasteiger partial charge in [-0.25, -0.2) is 9.78 Å². The van der Waals surface area contributed by atoms with Crippen LogP contribution in [0.2, 0.25) is 0 Å². The fourth-order valence-corrected chi connectivity index (χ4v) is 2.23. The van der Waals surface area contributed by atoms with Crippen LogP contribution in [0.25, 0.3) is 0 Å². The lowest BCUT2D eigenvalue weighted by molar-refractivity contribution is -0.385. The number of nitro groups is 1. The zero-order chi connectivity index (χ0) is 14.7. The van der Waals surface area contributed by atoms with Crippen molar-refractivity contribution in [1.29, 1.82) is 0 Å². The van der Waals surface area contributed by atoms with Gasteiger partial charge in [0.25, 0.3) is 5.69 Å². The lowest BCUT2D eigenvalue weighted by Crippen LogP contribution is -2.46. The van der Waals surface area contributed by atoms with Gasteiger partial charge in [0.05, 0.1) is 4.92 Å². The molecule has 0 radical (unpaired) electrons. The van der Waals surface area contributed by atoms with Gasteiger partial charge in [-0.15, -0.1) is 0 Å². The first-order valence-electron chi connectivity index (χ1n) is 6.38. The minimum atomic E-state index is -1.20. The predicted octanol–water partition coefficient (Wildman–Crippen LogP) is 0.830. The molecule has 108 valence electrons. The molecule has 1 N–H and O–H groups in total. The highest BCUT2D eigenvalue weighted by Gasteiger charge is 2.24. The Morgan fingerprint density at radius 3 is 2.60 bits per heavy atom. The van der Waals surface area contributed by atoms with Gasteiger partial charge >= 0.3 is 5.97 Å². The Labute approximate surface area is 115 Å². The molecule has 8 nitrogen and oxygen atoms in total. The zero-order valence-electron chi connectivity index (χ0n) is 11.2. The largest absolute Gasteiger partial charge is 0.478 e. The molecule has 1 aromatic heterocycles. The van der Waals surface area contributed by atoms with Crippen molar-refractivity contribution in [1.82, 2.24) is 9.88 Å². The summed E-state index contributed by atoms with van der Waals surface area (Å²) in [7, 11) is 0. The molecule has 1 aliphatic heterocycles. The minimum Gasteiger partial charge on any atom is -0.478 e. The number of hydrogen-bond donors (Lipinski definition) is 1. The average Bonchev–Trinajstić information content (AvgIpc) is 2.46. The van der Waals surface area contributed by atoms with Crippen LogP contribution in [0.3, 0.4) is 0 Å². The summed E-state index contributed by atoms with van der Waals surface area (Å²) in [5.41, 5.74) is -0.428. The third-order valence-electron chi connectivity index (χ3n) is 3.41. The van der Waals surface area contributed by atoms with E-state index in [4.69, 9.17) is 0 Å². The van der Waals surface area contributed by atoms with E-state index in [1.165, 1.54) is 0 Å². The van der Waals surface area contributed by atoms with E-state index in [-0.39, 0.29) is 11.3 Å². The maximum atomic E-state index is 11.3. The molecule has 20 heavy (non-hydrogen) atoms. The molecule has 8 heteroatoms. The first-order valence-corrected chi connectivity index (χ1v) is 6.38. The summed E-state index contributed by atoms with van der Waals surface area (Å²) in [6, 6.07) is 1.07. The lowest BCUT2D eigenvalue weighted by atomic mass is 10.2. The molecule has 1 saturated heterocycles. The van der Waals surface area contributed by atoms with E-state index in [2.05, 4.69) is 16.8 Å². The van der Waals surface area contributed by atoms with E-state index >= 15 is 0 Å². The van der Waals surface area contributed by atoms with Crippen molar-refractivity contribution in [2.24, 2.45) is 0 Å². The van der Waals surface area contributed by atoms with Gasteiger partial charge in [-0.05, 0) is 6.54 Å². The second-order valence-corrected chi connectivity index (χ2v) is 4.55. The molecule has 0 unspecified atom stereocenters. The number of aromatic carboxylic acids is 1. The molecule has 0 spiro atoms. The minimum absolute atomic E-state index is 0.121. The van der Waals surface area contributed by atoms with E-state index in [1.807, 2.05) is 4.90 Å². The van der Waals surface area contributed by atoms with Crippen molar-refractivity contribution in [2.75, 3.05) is 37.6 Å². The van der Waals surface area contributed by atoms with E-state index in [9.17, 15) is 20.0 Å². The summed E-state index contributed by atoms with van der Waals surface area (Å²) in [6.45, 7) is 6.01. The van der Waals surface area contributed by atoms with E-state index < -0.39 is 10.9 Å². The van der Waals surface area contributed by atoms with Crippen LogP contribution in [-0.4, -0.2) is 58.6 Å². The van der Waals surface area contributed by atoms with Crippen molar-refractivity contribution >= 4 is 17.5 Å². The molecule has 2 rings (SSSR count). The molecular formula is C12H16N4O4. The van der Waals surface area contributed by atoms with Crippen LogP contribution in [-0.2, 0) is 0 Å². The van der Waals surface area contributed by atoms with Crippen molar-refractivity contribution < 1.29 is 14.8 Å². The summed E-state index contributed by atoms with van der Waals surface area (Å²) < 4.78 is 0. The smallest absolute Gasteiger partial charge is 0.339 e. The molecule has 0 saturated carbocycles. The van der Waals surface area contributed by atoms with Gasteiger partial charge in [-0.2, -0.15) is 0 Å². The Hall–Kier alpha value is -2.22. The van der Waals surface area contributed by atoms with Gasteiger partial charge in [0, 0.05) is 32.2 Å². The molecule has 1 aromatic rings. The number of piperazine rings is 1. The number of hydrogen-bond acceptors (Lipinski definition) is 6. The number of anilines is 1. The molecule has 0 atom stereocenters. The molecule has 0 aliphatic carbocycles. The van der Waals surface area contributed by atoms with Crippen LogP contribution in [0.4, 0.5) is 11.5 Å². The molecular weight excluding hydrogens is 264 g/mol. The highest BCUT2D eigenvalue weighted by atomic mass is 16.6. The van der Waals surface area contributed by atoms with Crippen LogP contribution < -0.4 is 4.90 Å². The fourth-order valence-electron chi connectivity index (χ4n) is 2.23. The van der Waals surface area contributed by atoms with Gasteiger partial charge in [0.1, 0.15) is 17.6 Å². The first kappa shape index (κ1) is 14.2. The number of nitrogens with zero attached hydrogens (tertiary/aromatic N) is 4. The summed E-state index contributed by atoms with van der Waals surface area (Å²) in [6.07, 6.45) is 1.11. The fraction of sp³-hybridized carbons (Fsp3) is 0.500. The normalized spacial score (nSPS) is 16.1. The van der Waals surface area contributed by atoms with Gasteiger partial charge < -0.3 is 14.9 Å². The van der Waals surface area contributed by atoms with Crippen molar-refractivity contribution in [3.05, 3.63) is 27.9 Å².